The topological polar surface area (TPSA) is 55.9 Å². The highest BCUT2D eigenvalue weighted by molar-refractivity contribution is 6.30. The molecule has 226 valence electrons. The number of nitrogens with zero attached hydrogens (tertiary/aromatic N) is 3. The Labute approximate surface area is 256 Å². The zero-order valence-electron chi connectivity index (χ0n) is 25.0. The van der Waals surface area contributed by atoms with E-state index in [0.29, 0.717) is 18.1 Å². The summed E-state index contributed by atoms with van der Waals surface area (Å²) in [5.41, 5.74) is 2.61. The van der Waals surface area contributed by atoms with Crippen LogP contribution in [0.4, 0.5) is 0 Å². The van der Waals surface area contributed by atoms with Crippen molar-refractivity contribution >= 4 is 23.4 Å². The Morgan fingerprint density at radius 1 is 0.786 bits per heavy atom. The van der Waals surface area contributed by atoms with Crippen LogP contribution in [-0.4, -0.2) is 77.9 Å². The molecule has 0 aromatic heterocycles. The van der Waals surface area contributed by atoms with Crippen LogP contribution in [0.1, 0.15) is 74.8 Å². The second-order valence-electron chi connectivity index (χ2n) is 13.2. The fourth-order valence-electron chi connectivity index (χ4n) is 8.20. The van der Waals surface area contributed by atoms with Gasteiger partial charge in [0.2, 0.25) is 11.8 Å². The first-order valence-electron chi connectivity index (χ1n) is 16.4. The Morgan fingerprint density at radius 3 is 2.17 bits per heavy atom. The second kappa shape index (κ2) is 13.5. The minimum atomic E-state index is -0.195. The van der Waals surface area contributed by atoms with Crippen molar-refractivity contribution in [2.24, 2.45) is 11.8 Å². The molecule has 0 unspecified atom stereocenters. The number of rotatable bonds is 8. The molecule has 2 saturated carbocycles. The molecule has 4 aliphatic rings. The van der Waals surface area contributed by atoms with Crippen LogP contribution in [0.2, 0.25) is 5.02 Å². The molecule has 6 rings (SSSR count). The Hall–Kier alpha value is -2.41. The van der Waals surface area contributed by atoms with Crippen molar-refractivity contribution < 1.29 is 9.59 Å². The van der Waals surface area contributed by atoms with Crippen molar-refractivity contribution in [3.63, 3.8) is 0 Å². The first-order chi connectivity index (χ1) is 20.5. The van der Waals surface area contributed by atoms with Gasteiger partial charge < -0.3 is 15.1 Å². The molecule has 6 nitrogen and oxygen atoms in total. The lowest BCUT2D eigenvalue weighted by atomic mass is 9.79. The van der Waals surface area contributed by atoms with Crippen molar-refractivity contribution in [3.8, 4) is 0 Å². The Morgan fingerprint density at radius 2 is 1.48 bits per heavy atom. The van der Waals surface area contributed by atoms with Gasteiger partial charge in [0.1, 0.15) is 0 Å². The number of carbonyl (C=O) groups excluding carboxylic acids is 2. The van der Waals surface area contributed by atoms with Crippen LogP contribution >= 0.6 is 11.6 Å². The average molecular weight is 591 g/mol. The molecule has 2 aromatic rings. The molecular weight excluding hydrogens is 544 g/mol. The van der Waals surface area contributed by atoms with Crippen LogP contribution in [0.3, 0.4) is 0 Å². The highest BCUT2D eigenvalue weighted by Crippen LogP contribution is 2.38. The Kier molecular flexibility index (Phi) is 9.52. The predicted octanol–water partition coefficient (Wildman–Crippen LogP) is 5.71. The highest BCUT2D eigenvalue weighted by atomic mass is 35.5. The molecule has 2 aliphatic carbocycles. The third-order valence-electron chi connectivity index (χ3n) is 10.6. The van der Waals surface area contributed by atoms with Gasteiger partial charge in [0.05, 0.1) is 5.92 Å². The van der Waals surface area contributed by atoms with E-state index in [-0.39, 0.29) is 35.1 Å². The van der Waals surface area contributed by atoms with Crippen LogP contribution in [-0.2, 0) is 16.1 Å². The van der Waals surface area contributed by atoms with E-state index in [1.807, 2.05) is 29.2 Å². The van der Waals surface area contributed by atoms with Gasteiger partial charge in [-0.15, -0.1) is 0 Å². The van der Waals surface area contributed by atoms with E-state index in [9.17, 15) is 9.59 Å². The highest BCUT2D eigenvalue weighted by Gasteiger charge is 2.45. The number of nitrogens with one attached hydrogen (secondary N) is 1. The molecule has 0 bridgehead atoms. The van der Waals surface area contributed by atoms with Gasteiger partial charge in [-0.1, -0.05) is 86.2 Å². The van der Waals surface area contributed by atoms with E-state index >= 15 is 0 Å². The van der Waals surface area contributed by atoms with Crippen molar-refractivity contribution in [1.82, 2.24) is 20.0 Å². The molecule has 2 saturated heterocycles. The SMILES string of the molecule is O=C(C1CCCC1)N1C[C@H](C(=O)N2CCN(C3(CNCc4ccccc4)CCCCC3)CC2)[C@@H](c2ccc(Cl)cc2)C1. The van der Waals surface area contributed by atoms with E-state index in [0.717, 1.165) is 70.5 Å². The van der Waals surface area contributed by atoms with Gasteiger partial charge in [0.25, 0.3) is 0 Å². The van der Waals surface area contributed by atoms with E-state index in [4.69, 9.17) is 11.6 Å². The lowest BCUT2D eigenvalue weighted by molar-refractivity contribution is -0.139. The number of hydrogen-bond acceptors (Lipinski definition) is 4. The maximum Gasteiger partial charge on any atom is 0.228 e. The molecule has 1 N–H and O–H groups in total. The van der Waals surface area contributed by atoms with E-state index in [1.54, 1.807) is 0 Å². The zero-order valence-corrected chi connectivity index (χ0v) is 25.7. The number of benzene rings is 2. The first-order valence-corrected chi connectivity index (χ1v) is 16.7. The largest absolute Gasteiger partial charge is 0.341 e. The molecule has 4 fully saturated rings. The molecule has 2 amide bonds. The normalized spacial score (nSPS) is 25.2. The van der Waals surface area contributed by atoms with Gasteiger partial charge in [0.15, 0.2) is 0 Å². The predicted molar refractivity (Wildman–Crippen MR) is 168 cm³/mol. The minimum Gasteiger partial charge on any atom is -0.341 e. The first kappa shape index (κ1) is 29.7. The van der Waals surface area contributed by atoms with Gasteiger partial charge in [0, 0.05) is 74.8 Å². The lowest BCUT2D eigenvalue weighted by Gasteiger charge is -2.50. The summed E-state index contributed by atoms with van der Waals surface area (Å²) in [6.07, 6.45) is 10.6. The third-order valence-corrected chi connectivity index (χ3v) is 10.9. The van der Waals surface area contributed by atoms with Gasteiger partial charge in [-0.2, -0.15) is 0 Å². The average Bonchev–Trinajstić information content (AvgIpc) is 3.73. The smallest absolute Gasteiger partial charge is 0.228 e. The Bertz CT molecular complexity index is 1190. The number of carbonyl (C=O) groups is 2. The zero-order chi connectivity index (χ0) is 28.9. The summed E-state index contributed by atoms with van der Waals surface area (Å²) in [6, 6.07) is 18.6. The maximum absolute atomic E-state index is 14.2. The van der Waals surface area contributed by atoms with Crippen molar-refractivity contribution in [2.75, 3.05) is 45.8 Å². The quantitative estimate of drug-likeness (QED) is 0.428. The molecule has 7 heteroatoms. The van der Waals surface area contributed by atoms with Gasteiger partial charge in [-0.3, -0.25) is 14.5 Å². The van der Waals surface area contributed by atoms with Crippen LogP contribution in [0.5, 0.6) is 0 Å². The number of likely N-dealkylation sites (tertiary alicyclic amines) is 1. The fraction of sp³-hybridized carbons (Fsp3) is 0.600. The molecule has 2 atom stereocenters. The van der Waals surface area contributed by atoms with E-state index < -0.39 is 0 Å². The molecule has 2 heterocycles. The maximum atomic E-state index is 14.2. The van der Waals surface area contributed by atoms with E-state index in [2.05, 4.69) is 45.4 Å². The summed E-state index contributed by atoms with van der Waals surface area (Å²) in [5.74, 6) is 0.435. The lowest BCUT2D eigenvalue weighted by Crippen LogP contribution is -2.62. The molecule has 2 aromatic carbocycles. The van der Waals surface area contributed by atoms with Crippen LogP contribution < -0.4 is 5.32 Å². The van der Waals surface area contributed by atoms with Crippen LogP contribution in [0.25, 0.3) is 0 Å². The summed E-state index contributed by atoms with van der Waals surface area (Å²) < 4.78 is 0. The van der Waals surface area contributed by atoms with Crippen molar-refractivity contribution in [2.45, 2.75) is 75.8 Å². The molecule has 2 aliphatic heterocycles. The van der Waals surface area contributed by atoms with Crippen LogP contribution in [0.15, 0.2) is 54.6 Å². The van der Waals surface area contributed by atoms with Crippen LogP contribution in [0, 0.1) is 11.8 Å². The van der Waals surface area contributed by atoms with Gasteiger partial charge in [-0.05, 0) is 48.9 Å². The standard InChI is InChI=1S/C35H47ClN4O2/c36-30-15-13-28(14-16-30)31-24-39(33(41)29-11-5-6-12-29)25-32(31)34(42)38-19-21-40(22-20-38)35(17-7-2-8-18-35)26-37-23-27-9-3-1-4-10-27/h1,3-4,9-10,13-16,29,31-32,37H,2,5-8,11-12,17-26H2/t31-,32+/m1/s1. The summed E-state index contributed by atoms with van der Waals surface area (Å²) in [4.78, 5) is 34.4. The summed E-state index contributed by atoms with van der Waals surface area (Å²) in [6.45, 7) is 6.42. The van der Waals surface area contributed by atoms with Crippen molar-refractivity contribution in [3.05, 3.63) is 70.7 Å². The number of amides is 2. The number of piperazine rings is 1. The summed E-state index contributed by atoms with van der Waals surface area (Å²) in [7, 11) is 0. The molecular formula is C35H47ClN4O2. The Balaban J connectivity index is 1.11. The molecule has 42 heavy (non-hydrogen) atoms. The van der Waals surface area contributed by atoms with Gasteiger partial charge >= 0.3 is 0 Å². The van der Waals surface area contributed by atoms with Crippen molar-refractivity contribution in [1.29, 1.82) is 0 Å². The summed E-state index contributed by atoms with van der Waals surface area (Å²) in [5, 5.41) is 4.48. The monoisotopic (exact) mass is 590 g/mol. The molecule has 0 radical (unpaired) electrons. The minimum absolute atomic E-state index is 0.0185. The van der Waals surface area contributed by atoms with E-state index in [1.165, 1.54) is 37.7 Å². The second-order valence-corrected chi connectivity index (χ2v) is 13.6. The molecule has 0 spiro atoms. The fourth-order valence-corrected chi connectivity index (χ4v) is 8.32. The third kappa shape index (κ3) is 6.56. The summed E-state index contributed by atoms with van der Waals surface area (Å²) >= 11 is 6.21. The van der Waals surface area contributed by atoms with Gasteiger partial charge in [-0.25, -0.2) is 0 Å². The number of halogens is 1. The number of hydrogen-bond donors (Lipinski definition) is 1.